The Morgan fingerprint density at radius 2 is 2.21 bits per heavy atom. The number of anilines is 1. The lowest BCUT2D eigenvalue weighted by atomic mass is 9.82. The van der Waals surface area contributed by atoms with Gasteiger partial charge in [-0.3, -0.25) is 0 Å². The van der Waals surface area contributed by atoms with E-state index in [2.05, 4.69) is 22.2 Å². The van der Waals surface area contributed by atoms with Gasteiger partial charge in [-0.25, -0.2) is 9.97 Å². The number of nitrogens with zero attached hydrogens (tertiary/aromatic N) is 2. The predicted octanol–water partition coefficient (Wildman–Crippen LogP) is 2.41. The summed E-state index contributed by atoms with van der Waals surface area (Å²) in [7, 11) is 0. The van der Waals surface area contributed by atoms with Gasteiger partial charge in [-0.2, -0.15) is 0 Å². The molecule has 1 saturated carbocycles. The normalized spacial score (nSPS) is 25.6. The molecule has 0 atom stereocenters. The predicted molar refractivity (Wildman–Crippen MR) is 59.6 cm³/mol. The molecule has 4 heteroatoms. The van der Waals surface area contributed by atoms with Gasteiger partial charge in [0.1, 0.15) is 17.2 Å². The first-order valence-electron chi connectivity index (χ1n) is 4.90. The topological polar surface area (TPSA) is 37.8 Å². The largest absolute Gasteiger partial charge is 0.367 e. The summed E-state index contributed by atoms with van der Waals surface area (Å²) in [6.45, 7) is 2.28. The Kier molecular flexibility index (Phi) is 2.91. The minimum Gasteiger partial charge on any atom is -0.367 e. The fourth-order valence-corrected chi connectivity index (χ4v) is 2.14. The third-order valence-electron chi connectivity index (χ3n) is 2.58. The number of rotatable bonds is 3. The highest BCUT2D eigenvalue weighted by molar-refractivity contribution is 7.98. The lowest BCUT2D eigenvalue weighted by Crippen LogP contribution is -2.34. The first-order valence-corrected chi connectivity index (χ1v) is 6.13. The summed E-state index contributed by atoms with van der Waals surface area (Å²) in [5.74, 6) is 1.83. The van der Waals surface area contributed by atoms with Crippen molar-refractivity contribution in [3.8, 4) is 0 Å². The van der Waals surface area contributed by atoms with Crippen molar-refractivity contribution in [2.75, 3.05) is 11.6 Å². The van der Waals surface area contributed by atoms with Crippen molar-refractivity contribution in [1.82, 2.24) is 9.97 Å². The van der Waals surface area contributed by atoms with Crippen molar-refractivity contribution < 1.29 is 0 Å². The molecule has 76 valence electrons. The molecule has 0 unspecified atom stereocenters. The second-order valence-corrected chi connectivity index (χ2v) is 4.69. The number of hydrogen-bond acceptors (Lipinski definition) is 4. The Morgan fingerprint density at radius 1 is 1.43 bits per heavy atom. The molecule has 1 N–H and O–H groups in total. The Morgan fingerprint density at radius 3 is 2.86 bits per heavy atom. The van der Waals surface area contributed by atoms with Gasteiger partial charge in [0, 0.05) is 12.1 Å². The van der Waals surface area contributed by atoms with Crippen LogP contribution in [0.5, 0.6) is 0 Å². The Labute approximate surface area is 88.7 Å². The molecule has 0 saturated heterocycles. The van der Waals surface area contributed by atoms with Gasteiger partial charge in [-0.05, 0) is 25.0 Å². The van der Waals surface area contributed by atoms with Gasteiger partial charge in [0.05, 0.1) is 0 Å². The standard InChI is InChI=1S/C10H15N3S/c1-7-3-8(4-7)13-9-5-10(14-2)12-6-11-9/h5-8H,3-4H2,1-2H3,(H,11,12,13). The lowest BCUT2D eigenvalue weighted by Gasteiger charge is -2.33. The van der Waals surface area contributed by atoms with E-state index in [0.29, 0.717) is 6.04 Å². The molecule has 1 aromatic rings. The monoisotopic (exact) mass is 209 g/mol. The van der Waals surface area contributed by atoms with Crippen molar-refractivity contribution in [2.45, 2.75) is 30.8 Å². The van der Waals surface area contributed by atoms with Crippen LogP contribution in [-0.4, -0.2) is 22.3 Å². The van der Waals surface area contributed by atoms with Crippen LogP contribution in [0.2, 0.25) is 0 Å². The van der Waals surface area contributed by atoms with E-state index in [9.17, 15) is 0 Å². The Hall–Kier alpha value is -0.770. The summed E-state index contributed by atoms with van der Waals surface area (Å²) < 4.78 is 0. The molecule has 1 fully saturated rings. The number of hydrogen-bond donors (Lipinski definition) is 1. The minimum absolute atomic E-state index is 0.620. The maximum atomic E-state index is 4.20. The third-order valence-corrected chi connectivity index (χ3v) is 3.22. The molecular weight excluding hydrogens is 194 g/mol. The third kappa shape index (κ3) is 2.18. The molecule has 0 aliphatic heterocycles. The van der Waals surface area contributed by atoms with Crippen LogP contribution >= 0.6 is 11.8 Å². The number of nitrogens with one attached hydrogen (secondary N) is 1. The molecule has 0 spiro atoms. The van der Waals surface area contributed by atoms with Crippen molar-refractivity contribution in [3.63, 3.8) is 0 Å². The van der Waals surface area contributed by atoms with E-state index < -0.39 is 0 Å². The van der Waals surface area contributed by atoms with Crippen molar-refractivity contribution in [1.29, 1.82) is 0 Å². The second kappa shape index (κ2) is 4.17. The molecular formula is C10H15N3S. The quantitative estimate of drug-likeness (QED) is 0.613. The van der Waals surface area contributed by atoms with Crippen LogP contribution in [0, 0.1) is 5.92 Å². The summed E-state index contributed by atoms with van der Waals surface area (Å²) >= 11 is 1.65. The van der Waals surface area contributed by atoms with Gasteiger partial charge in [0.15, 0.2) is 0 Å². The van der Waals surface area contributed by atoms with E-state index in [4.69, 9.17) is 0 Å². The van der Waals surface area contributed by atoms with Crippen LogP contribution in [0.3, 0.4) is 0 Å². The van der Waals surface area contributed by atoms with Crippen LogP contribution in [-0.2, 0) is 0 Å². The van der Waals surface area contributed by atoms with Gasteiger partial charge in [0.2, 0.25) is 0 Å². The summed E-state index contributed by atoms with van der Waals surface area (Å²) in [6.07, 6.45) is 6.17. The second-order valence-electron chi connectivity index (χ2n) is 3.86. The van der Waals surface area contributed by atoms with Crippen LogP contribution in [0.4, 0.5) is 5.82 Å². The van der Waals surface area contributed by atoms with Crippen LogP contribution < -0.4 is 5.32 Å². The van der Waals surface area contributed by atoms with Crippen LogP contribution in [0.1, 0.15) is 19.8 Å². The lowest BCUT2D eigenvalue weighted by molar-refractivity contribution is 0.308. The highest BCUT2D eigenvalue weighted by Crippen LogP contribution is 2.29. The van der Waals surface area contributed by atoms with Gasteiger partial charge >= 0.3 is 0 Å². The Bertz CT molecular complexity index is 310. The van der Waals surface area contributed by atoms with Gasteiger partial charge < -0.3 is 5.32 Å². The molecule has 0 amide bonds. The molecule has 14 heavy (non-hydrogen) atoms. The zero-order valence-electron chi connectivity index (χ0n) is 8.53. The summed E-state index contributed by atoms with van der Waals surface area (Å²) in [4.78, 5) is 8.33. The SMILES string of the molecule is CSc1cc(NC2CC(C)C2)ncn1. The van der Waals surface area contributed by atoms with Gasteiger partial charge in [-0.1, -0.05) is 6.92 Å². The molecule has 0 radical (unpaired) electrons. The van der Waals surface area contributed by atoms with Crippen molar-refractivity contribution >= 4 is 17.6 Å². The molecule has 1 heterocycles. The molecule has 2 rings (SSSR count). The van der Waals surface area contributed by atoms with Gasteiger partial charge in [0.25, 0.3) is 0 Å². The van der Waals surface area contributed by atoms with Crippen LogP contribution in [0.25, 0.3) is 0 Å². The molecule has 1 aromatic heterocycles. The molecule has 3 nitrogen and oxygen atoms in total. The molecule has 1 aliphatic carbocycles. The highest BCUT2D eigenvalue weighted by Gasteiger charge is 2.25. The average Bonchev–Trinajstić information content (AvgIpc) is 2.16. The molecule has 0 bridgehead atoms. The first kappa shape index (κ1) is 9.77. The number of thioether (sulfide) groups is 1. The molecule has 0 aromatic carbocycles. The van der Waals surface area contributed by atoms with Crippen molar-refractivity contribution in [2.24, 2.45) is 5.92 Å². The van der Waals surface area contributed by atoms with E-state index >= 15 is 0 Å². The zero-order valence-corrected chi connectivity index (χ0v) is 9.34. The fourth-order valence-electron chi connectivity index (χ4n) is 1.76. The van der Waals surface area contributed by atoms with Gasteiger partial charge in [-0.15, -0.1) is 11.8 Å². The summed E-state index contributed by atoms with van der Waals surface area (Å²) in [5, 5.41) is 4.44. The van der Waals surface area contributed by atoms with E-state index in [1.165, 1.54) is 12.8 Å². The van der Waals surface area contributed by atoms with E-state index in [1.807, 2.05) is 12.3 Å². The minimum atomic E-state index is 0.620. The Balaban J connectivity index is 1.95. The number of aromatic nitrogens is 2. The average molecular weight is 209 g/mol. The summed E-state index contributed by atoms with van der Waals surface area (Å²) in [6, 6.07) is 2.63. The summed E-state index contributed by atoms with van der Waals surface area (Å²) in [5.41, 5.74) is 0. The first-order chi connectivity index (χ1) is 6.78. The maximum Gasteiger partial charge on any atom is 0.130 e. The highest BCUT2D eigenvalue weighted by atomic mass is 32.2. The van der Waals surface area contributed by atoms with E-state index in [0.717, 1.165) is 16.8 Å². The smallest absolute Gasteiger partial charge is 0.130 e. The van der Waals surface area contributed by atoms with Crippen LogP contribution in [0.15, 0.2) is 17.4 Å². The van der Waals surface area contributed by atoms with Crippen molar-refractivity contribution in [3.05, 3.63) is 12.4 Å². The van der Waals surface area contributed by atoms with E-state index in [-0.39, 0.29) is 0 Å². The zero-order chi connectivity index (χ0) is 9.97. The maximum absolute atomic E-state index is 4.20. The molecule has 1 aliphatic rings. The fraction of sp³-hybridized carbons (Fsp3) is 0.600. The van der Waals surface area contributed by atoms with E-state index in [1.54, 1.807) is 18.1 Å².